The lowest BCUT2D eigenvalue weighted by Gasteiger charge is -2.26. The normalized spacial score (nSPS) is 11.7. The molecule has 0 bridgehead atoms. The van der Waals surface area contributed by atoms with Crippen molar-refractivity contribution >= 4 is 71.7 Å². The molecule has 0 amide bonds. The zero-order valence-electron chi connectivity index (χ0n) is 26.5. The van der Waals surface area contributed by atoms with Crippen molar-refractivity contribution in [2.45, 2.75) is 0 Å². The summed E-state index contributed by atoms with van der Waals surface area (Å²) in [6.45, 7) is 0. The molecule has 0 N–H and O–H groups in total. The summed E-state index contributed by atoms with van der Waals surface area (Å²) in [6, 6.07) is 62.1. The van der Waals surface area contributed by atoms with E-state index in [1.807, 2.05) is 12.1 Å². The van der Waals surface area contributed by atoms with Crippen LogP contribution in [0.4, 0.5) is 17.1 Å². The molecule has 0 radical (unpaired) electrons. The molecule has 0 aliphatic heterocycles. The molecule has 0 spiro atoms. The van der Waals surface area contributed by atoms with Crippen molar-refractivity contribution in [1.82, 2.24) is 0 Å². The first-order valence-corrected chi connectivity index (χ1v) is 16.6. The molecule has 3 heteroatoms. The summed E-state index contributed by atoms with van der Waals surface area (Å²) in [6.07, 6.45) is 0. The Balaban J connectivity index is 1.08. The Kier molecular flexibility index (Phi) is 6.18. The monoisotopic (exact) mass is 627 g/mol. The van der Waals surface area contributed by atoms with Crippen molar-refractivity contribution in [2.75, 3.05) is 4.90 Å². The number of para-hydroxylation sites is 1. The van der Waals surface area contributed by atoms with Gasteiger partial charge < -0.3 is 13.7 Å². The fraction of sp³-hybridized carbons (Fsp3) is 0. The first kappa shape index (κ1) is 27.5. The average Bonchev–Trinajstić information content (AvgIpc) is 3.71. The van der Waals surface area contributed by atoms with Crippen LogP contribution in [0.3, 0.4) is 0 Å². The number of fused-ring (bicyclic) bond motifs is 7. The third kappa shape index (κ3) is 4.67. The summed E-state index contributed by atoms with van der Waals surface area (Å²) in [7, 11) is 0. The van der Waals surface area contributed by atoms with E-state index < -0.39 is 0 Å². The van der Waals surface area contributed by atoms with Crippen molar-refractivity contribution in [3.05, 3.63) is 176 Å². The number of hydrogen-bond acceptors (Lipinski definition) is 3. The molecule has 10 aromatic rings. The molecule has 3 nitrogen and oxygen atoms in total. The van der Waals surface area contributed by atoms with Crippen molar-refractivity contribution in [1.29, 1.82) is 0 Å². The van der Waals surface area contributed by atoms with Crippen LogP contribution in [0.15, 0.2) is 185 Å². The number of anilines is 3. The predicted molar refractivity (Wildman–Crippen MR) is 204 cm³/mol. The lowest BCUT2D eigenvalue weighted by atomic mass is 10.0. The van der Waals surface area contributed by atoms with Gasteiger partial charge in [0, 0.05) is 44.7 Å². The van der Waals surface area contributed by atoms with Crippen LogP contribution in [0, 0.1) is 0 Å². The molecular formula is C46H29NO2. The highest BCUT2D eigenvalue weighted by Gasteiger charge is 2.17. The second kappa shape index (κ2) is 11.0. The van der Waals surface area contributed by atoms with Crippen LogP contribution in [0.5, 0.6) is 0 Å². The molecule has 10 rings (SSSR count). The Hall–Kier alpha value is -6.58. The standard InChI is InChI=1S/C46H29NO2/c1-2-9-30(10-3-1)32-13-8-14-37(25-32)47(38-22-23-40-39-15-6-7-16-43(39)48-46(40)29-38)36-20-17-31(18-21-36)35-19-24-44-41(27-35)42-26-33-11-4-5-12-34(33)28-45(42)49-44/h1-29H. The largest absolute Gasteiger partial charge is 0.456 e. The summed E-state index contributed by atoms with van der Waals surface area (Å²) >= 11 is 0. The SMILES string of the molecule is c1ccc(-c2cccc(N(c3ccc(-c4ccc5oc6cc7ccccc7cc6c5c4)cc3)c3ccc4c(c3)oc3ccccc34)c2)cc1. The van der Waals surface area contributed by atoms with Crippen molar-refractivity contribution in [2.24, 2.45) is 0 Å². The quantitative estimate of drug-likeness (QED) is 0.190. The van der Waals surface area contributed by atoms with Crippen molar-refractivity contribution < 1.29 is 8.83 Å². The van der Waals surface area contributed by atoms with Crippen LogP contribution in [-0.2, 0) is 0 Å². The maximum absolute atomic E-state index is 6.33. The van der Waals surface area contributed by atoms with Crippen molar-refractivity contribution in [3.8, 4) is 22.3 Å². The minimum absolute atomic E-state index is 0.868. The summed E-state index contributed by atoms with van der Waals surface area (Å²) in [4.78, 5) is 2.31. The minimum atomic E-state index is 0.868. The zero-order chi connectivity index (χ0) is 32.3. The third-order valence-corrected chi connectivity index (χ3v) is 9.63. The van der Waals surface area contributed by atoms with E-state index >= 15 is 0 Å². The Morgan fingerprint density at radius 1 is 0.286 bits per heavy atom. The highest BCUT2D eigenvalue weighted by Crippen LogP contribution is 2.41. The summed E-state index contributed by atoms with van der Waals surface area (Å²) in [5.41, 5.74) is 11.4. The van der Waals surface area contributed by atoms with Gasteiger partial charge in [0.1, 0.15) is 22.3 Å². The molecule has 2 heterocycles. The maximum atomic E-state index is 6.33. The van der Waals surface area contributed by atoms with Crippen molar-refractivity contribution in [3.63, 3.8) is 0 Å². The van der Waals surface area contributed by atoms with E-state index in [-0.39, 0.29) is 0 Å². The molecule has 0 unspecified atom stereocenters. The predicted octanol–water partition coefficient (Wildman–Crippen LogP) is 13.4. The van der Waals surface area contributed by atoms with E-state index in [0.717, 1.165) is 77.6 Å². The molecule has 0 saturated carbocycles. The Bertz CT molecular complexity index is 2830. The van der Waals surface area contributed by atoms with E-state index in [9.17, 15) is 0 Å². The molecule has 2 aromatic heterocycles. The van der Waals surface area contributed by atoms with Gasteiger partial charge in [0.25, 0.3) is 0 Å². The minimum Gasteiger partial charge on any atom is -0.456 e. The number of rotatable bonds is 5. The first-order valence-electron chi connectivity index (χ1n) is 16.6. The van der Waals surface area contributed by atoms with Gasteiger partial charge >= 0.3 is 0 Å². The molecule has 0 aliphatic carbocycles. The van der Waals surface area contributed by atoms with Gasteiger partial charge in [-0.15, -0.1) is 0 Å². The van der Waals surface area contributed by atoms with Gasteiger partial charge in [-0.1, -0.05) is 103 Å². The van der Waals surface area contributed by atoms with Crippen LogP contribution in [0.2, 0.25) is 0 Å². The van der Waals surface area contributed by atoms with Crippen LogP contribution < -0.4 is 4.90 Å². The van der Waals surface area contributed by atoms with Gasteiger partial charge in [0.05, 0.1) is 0 Å². The maximum Gasteiger partial charge on any atom is 0.137 e. The molecule has 49 heavy (non-hydrogen) atoms. The summed E-state index contributed by atoms with van der Waals surface area (Å²) in [5, 5.41) is 6.90. The number of nitrogens with zero attached hydrogens (tertiary/aromatic N) is 1. The lowest BCUT2D eigenvalue weighted by molar-refractivity contribution is 0.669. The fourth-order valence-corrected chi connectivity index (χ4v) is 7.20. The Labute approximate surface area is 282 Å². The summed E-state index contributed by atoms with van der Waals surface area (Å²) in [5.74, 6) is 0. The molecule has 0 fully saturated rings. The van der Waals surface area contributed by atoms with Gasteiger partial charge in [-0.2, -0.15) is 0 Å². The van der Waals surface area contributed by atoms with Crippen LogP contribution in [0.1, 0.15) is 0 Å². The van der Waals surface area contributed by atoms with E-state index in [1.54, 1.807) is 0 Å². The first-order chi connectivity index (χ1) is 24.2. The van der Waals surface area contributed by atoms with Gasteiger partial charge in [-0.05, 0) is 99.8 Å². The Morgan fingerprint density at radius 2 is 0.857 bits per heavy atom. The van der Waals surface area contributed by atoms with Gasteiger partial charge in [-0.25, -0.2) is 0 Å². The van der Waals surface area contributed by atoms with E-state index in [1.165, 1.54) is 16.3 Å². The third-order valence-electron chi connectivity index (χ3n) is 9.63. The number of furan rings is 2. The number of hydrogen-bond donors (Lipinski definition) is 0. The molecule has 0 atom stereocenters. The second-order valence-electron chi connectivity index (χ2n) is 12.6. The van der Waals surface area contributed by atoms with Crippen LogP contribution in [-0.4, -0.2) is 0 Å². The topological polar surface area (TPSA) is 29.5 Å². The van der Waals surface area contributed by atoms with Crippen LogP contribution in [0.25, 0.3) is 76.9 Å². The molecule has 230 valence electrons. The molecule has 8 aromatic carbocycles. The second-order valence-corrected chi connectivity index (χ2v) is 12.6. The van der Waals surface area contributed by atoms with E-state index in [4.69, 9.17) is 8.83 Å². The van der Waals surface area contributed by atoms with Gasteiger partial charge in [0.2, 0.25) is 0 Å². The van der Waals surface area contributed by atoms with E-state index in [2.05, 4.69) is 169 Å². The average molecular weight is 628 g/mol. The summed E-state index contributed by atoms with van der Waals surface area (Å²) < 4.78 is 12.6. The Morgan fingerprint density at radius 3 is 1.71 bits per heavy atom. The highest BCUT2D eigenvalue weighted by atomic mass is 16.3. The van der Waals surface area contributed by atoms with Gasteiger partial charge in [0.15, 0.2) is 0 Å². The molecular weight excluding hydrogens is 599 g/mol. The number of benzene rings is 8. The van der Waals surface area contributed by atoms with E-state index in [0.29, 0.717) is 0 Å². The highest BCUT2D eigenvalue weighted by molar-refractivity contribution is 6.11. The smallest absolute Gasteiger partial charge is 0.137 e. The zero-order valence-corrected chi connectivity index (χ0v) is 26.5. The fourth-order valence-electron chi connectivity index (χ4n) is 7.20. The molecule has 0 saturated heterocycles. The lowest BCUT2D eigenvalue weighted by Crippen LogP contribution is -2.10. The van der Waals surface area contributed by atoms with Crippen LogP contribution >= 0.6 is 0 Å². The molecule has 0 aliphatic rings. The van der Waals surface area contributed by atoms with Gasteiger partial charge in [-0.3, -0.25) is 0 Å².